The molecule has 50 heavy (non-hydrogen) atoms. The molecule has 3 bridgehead atoms. The lowest BCUT2D eigenvalue weighted by molar-refractivity contribution is -0.458. The number of hydrogen-bond donors (Lipinski definition) is 3. The summed E-state index contributed by atoms with van der Waals surface area (Å²) in [4.78, 5) is 26.5. The van der Waals surface area contributed by atoms with E-state index in [1.165, 1.54) is 6.92 Å². The fourth-order valence-corrected chi connectivity index (χ4v) is 11.9. The maximum atomic E-state index is 13.8. The molecule has 0 unspecified atom stereocenters. The van der Waals surface area contributed by atoms with Gasteiger partial charge in [0.1, 0.15) is 41.2 Å². The summed E-state index contributed by atoms with van der Waals surface area (Å²) >= 11 is 0. The number of esters is 2. The number of benzene rings is 1. The molecule has 4 heterocycles. The number of epoxide rings is 1. The van der Waals surface area contributed by atoms with Gasteiger partial charge in [0.05, 0.1) is 17.8 Å². The van der Waals surface area contributed by atoms with Crippen molar-refractivity contribution in [3.63, 3.8) is 0 Å². The van der Waals surface area contributed by atoms with Crippen molar-refractivity contribution >= 4 is 11.9 Å². The van der Waals surface area contributed by atoms with Gasteiger partial charge in [-0.1, -0.05) is 71.2 Å². The smallest absolute Gasteiger partial charge is 0.338 e. The molecule has 2 spiro atoms. The van der Waals surface area contributed by atoms with E-state index in [0.717, 1.165) is 32.1 Å². The molecule has 3 saturated carbocycles. The molecule has 11 nitrogen and oxygen atoms in total. The molecule has 16 atom stereocenters. The predicted molar refractivity (Wildman–Crippen MR) is 177 cm³/mol. The van der Waals surface area contributed by atoms with Crippen LogP contribution in [0.15, 0.2) is 42.5 Å². The van der Waals surface area contributed by atoms with Gasteiger partial charge in [0.15, 0.2) is 6.10 Å². The van der Waals surface area contributed by atoms with Gasteiger partial charge in [-0.05, 0) is 67.6 Å². The summed E-state index contributed by atoms with van der Waals surface area (Å²) in [7, 11) is 0. The summed E-state index contributed by atoms with van der Waals surface area (Å²) in [5.41, 5.74) is -5.02. The van der Waals surface area contributed by atoms with Gasteiger partial charge in [-0.15, -0.1) is 0 Å². The molecular formula is C39H52O11. The Morgan fingerprint density at radius 1 is 0.960 bits per heavy atom. The average Bonchev–Trinajstić information content (AvgIpc) is 3.72. The zero-order valence-corrected chi connectivity index (χ0v) is 29.7. The summed E-state index contributed by atoms with van der Waals surface area (Å²) in [5.74, 6) is -5.45. The van der Waals surface area contributed by atoms with Crippen LogP contribution in [0.4, 0.5) is 0 Å². The van der Waals surface area contributed by atoms with Crippen LogP contribution in [-0.2, 0) is 33.2 Å². The van der Waals surface area contributed by atoms with Crippen LogP contribution in [0.2, 0.25) is 0 Å². The zero-order chi connectivity index (χ0) is 35.6. The lowest BCUT2D eigenvalue weighted by Gasteiger charge is -2.62. The molecular weight excluding hydrogens is 644 g/mol. The fraction of sp³-hybridized carbons (Fsp3) is 0.744. The molecule has 274 valence electrons. The first-order chi connectivity index (χ1) is 23.7. The van der Waals surface area contributed by atoms with Crippen molar-refractivity contribution in [3.05, 3.63) is 48.0 Å². The minimum Gasteiger partial charge on any atom is -0.455 e. The van der Waals surface area contributed by atoms with E-state index < -0.39 is 95.2 Å². The van der Waals surface area contributed by atoms with Crippen molar-refractivity contribution in [2.24, 2.45) is 35.5 Å². The quantitative estimate of drug-likeness (QED) is 0.232. The first-order valence-electron chi connectivity index (χ1n) is 18.6. The Hall–Kier alpha value is -2.38. The largest absolute Gasteiger partial charge is 0.455 e. The summed E-state index contributed by atoms with van der Waals surface area (Å²) in [6.45, 7) is 13.3. The SMILES string of the molecule is C=C(C)[C@]12C[C@@H](C)[C@@]34O[C@]5(O[C@@H]1[C@@H]3[C@@H]1O[C@]1(CO)[C@@H](O)[C@@]1(O)[C@H]4[C@H]([C@H](C)[C@@H]1OC(=O)c1ccccc1)[C@@H](C)CCCCCC[C@H]5OC(C)=O)O2. The third-order valence-electron chi connectivity index (χ3n) is 14.0. The number of aliphatic hydroxyl groups is 3. The van der Waals surface area contributed by atoms with E-state index in [-0.39, 0.29) is 17.8 Å². The molecule has 8 rings (SSSR count). The van der Waals surface area contributed by atoms with Crippen molar-refractivity contribution in [2.75, 3.05) is 6.61 Å². The van der Waals surface area contributed by atoms with Gasteiger partial charge in [-0.2, -0.15) is 0 Å². The highest BCUT2D eigenvalue weighted by molar-refractivity contribution is 5.89. The van der Waals surface area contributed by atoms with Gasteiger partial charge in [-0.25, -0.2) is 4.79 Å². The highest BCUT2D eigenvalue weighted by Crippen LogP contribution is 2.75. The normalized spacial score (nSPS) is 51.6. The van der Waals surface area contributed by atoms with E-state index in [1.807, 2.05) is 19.9 Å². The highest BCUT2D eigenvalue weighted by atomic mass is 16.9. The van der Waals surface area contributed by atoms with Crippen LogP contribution in [0.5, 0.6) is 0 Å². The van der Waals surface area contributed by atoms with E-state index in [4.69, 9.17) is 28.4 Å². The van der Waals surface area contributed by atoms with Gasteiger partial charge in [0, 0.05) is 18.8 Å². The Morgan fingerprint density at radius 2 is 1.66 bits per heavy atom. The van der Waals surface area contributed by atoms with Crippen molar-refractivity contribution in [1.29, 1.82) is 0 Å². The van der Waals surface area contributed by atoms with Gasteiger partial charge in [0.25, 0.3) is 0 Å². The summed E-state index contributed by atoms with van der Waals surface area (Å²) in [5, 5.41) is 37.3. The number of carbonyl (C=O) groups is 2. The Kier molecular flexibility index (Phi) is 8.02. The number of aliphatic hydroxyl groups excluding tert-OH is 2. The Morgan fingerprint density at radius 3 is 2.32 bits per heavy atom. The second-order valence-electron chi connectivity index (χ2n) is 16.6. The second-order valence-corrected chi connectivity index (χ2v) is 16.6. The van der Waals surface area contributed by atoms with Crippen molar-refractivity contribution in [2.45, 2.75) is 138 Å². The third-order valence-corrected chi connectivity index (χ3v) is 14.0. The lowest BCUT2D eigenvalue weighted by atomic mass is 9.51. The van der Waals surface area contributed by atoms with E-state index in [0.29, 0.717) is 24.0 Å². The summed E-state index contributed by atoms with van der Waals surface area (Å²) in [6.07, 6.45) is -0.0327. The molecule has 11 heteroatoms. The first-order valence-corrected chi connectivity index (χ1v) is 18.6. The molecule has 0 amide bonds. The number of ether oxygens (including phenoxy) is 6. The Bertz CT molecular complexity index is 1550. The molecule has 7 aliphatic rings. The lowest BCUT2D eigenvalue weighted by Crippen LogP contribution is -2.74. The summed E-state index contributed by atoms with van der Waals surface area (Å²) in [6, 6.07) is 8.62. The topological polar surface area (TPSA) is 154 Å². The summed E-state index contributed by atoms with van der Waals surface area (Å²) < 4.78 is 40.3. The van der Waals surface area contributed by atoms with Crippen LogP contribution < -0.4 is 0 Å². The van der Waals surface area contributed by atoms with Crippen LogP contribution in [0.3, 0.4) is 0 Å². The maximum absolute atomic E-state index is 13.8. The molecule has 4 aliphatic heterocycles. The molecule has 0 aromatic heterocycles. The molecule has 3 N–H and O–H groups in total. The van der Waals surface area contributed by atoms with E-state index in [1.54, 1.807) is 24.3 Å². The van der Waals surface area contributed by atoms with E-state index in [2.05, 4.69) is 20.4 Å². The maximum Gasteiger partial charge on any atom is 0.338 e. The highest BCUT2D eigenvalue weighted by Gasteiger charge is 2.91. The molecule has 3 aliphatic carbocycles. The van der Waals surface area contributed by atoms with Crippen LogP contribution in [-0.4, -0.2) is 92.8 Å². The fourth-order valence-electron chi connectivity index (χ4n) is 11.9. The molecule has 7 fully saturated rings. The standard InChI is InChI=1S/C39H52O11/c1-20(2)35-18-22(4)38-28-31(35)48-39(49-35,50-38)26(45-24(6)41)17-13-8-7-10-14-21(3)27-23(5)30(46-33(42)25-15-11-9-12-16-25)37(44,29(27)38)34(43)36(19-40)32(28)47-36/h9,11-12,15-16,21-23,26-32,34,40,43-44H,1,7-8,10,13-14,17-19H2,2-6H3/t21-,22+,23-,26+,27-,28+,29+,30-,31+,32-,34+,35+,36-,37+,38+,39+/m0/s1. The van der Waals surface area contributed by atoms with Crippen LogP contribution >= 0.6 is 0 Å². The number of hydrogen-bond acceptors (Lipinski definition) is 11. The Labute approximate surface area is 293 Å². The molecule has 0 radical (unpaired) electrons. The van der Waals surface area contributed by atoms with Gasteiger partial charge in [-0.3, -0.25) is 4.79 Å². The monoisotopic (exact) mass is 696 g/mol. The van der Waals surface area contributed by atoms with Crippen LogP contribution in [0.1, 0.15) is 89.9 Å². The number of rotatable bonds is 5. The second kappa shape index (κ2) is 11.6. The van der Waals surface area contributed by atoms with Crippen molar-refractivity contribution in [3.8, 4) is 0 Å². The van der Waals surface area contributed by atoms with Gasteiger partial charge in [0.2, 0.25) is 0 Å². The minimum atomic E-state index is -2.12. The molecule has 4 saturated heterocycles. The Balaban J connectivity index is 1.38. The molecule has 1 aromatic carbocycles. The van der Waals surface area contributed by atoms with Crippen LogP contribution in [0, 0.1) is 35.5 Å². The van der Waals surface area contributed by atoms with Crippen molar-refractivity contribution < 1.29 is 53.3 Å². The number of fused-ring (bicyclic) bond motifs is 1. The van der Waals surface area contributed by atoms with E-state index >= 15 is 0 Å². The van der Waals surface area contributed by atoms with Crippen LogP contribution in [0.25, 0.3) is 0 Å². The zero-order valence-electron chi connectivity index (χ0n) is 29.7. The first kappa shape index (κ1) is 34.7. The van der Waals surface area contributed by atoms with Crippen molar-refractivity contribution in [1.82, 2.24) is 0 Å². The predicted octanol–water partition coefficient (Wildman–Crippen LogP) is 4.06. The molecule has 1 aromatic rings. The average molecular weight is 697 g/mol. The minimum absolute atomic E-state index is 0.0237. The van der Waals surface area contributed by atoms with Gasteiger partial charge < -0.3 is 43.7 Å². The van der Waals surface area contributed by atoms with Gasteiger partial charge >= 0.3 is 17.9 Å². The number of carbonyl (C=O) groups excluding carboxylic acids is 2. The van der Waals surface area contributed by atoms with E-state index in [9.17, 15) is 24.9 Å². The third kappa shape index (κ3) is 4.34.